The van der Waals surface area contributed by atoms with Crippen molar-refractivity contribution in [2.24, 2.45) is 16.3 Å². The third kappa shape index (κ3) is 6.08. The van der Waals surface area contributed by atoms with Gasteiger partial charge in [0.05, 0.1) is 0 Å². The number of hydrogen-bond acceptors (Lipinski definition) is 3. The number of carbonyl (C=O) groups excluding carboxylic acids is 1. The van der Waals surface area contributed by atoms with Crippen LogP contribution in [0.15, 0.2) is 4.99 Å². The molecule has 2 rings (SSSR count). The number of likely N-dealkylation sites (tertiary alicyclic amines) is 2. The van der Waals surface area contributed by atoms with Crippen molar-refractivity contribution in [3.8, 4) is 0 Å². The van der Waals surface area contributed by atoms with Crippen molar-refractivity contribution in [2.75, 3.05) is 39.8 Å². The summed E-state index contributed by atoms with van der Waals surface area (Å²) in [5.74, 6) is 1.59. The Morgan fingerprint density at radius 2 is 1.84 bits per heavy atom. The third-order valence-corrected chi connectivity index (χ3v) is 5.00. The van der Waals surface area contributed by atoms with Gasteiger partial charge in [-0.05, 0) is 51.4 Å². The number of nitrogens with one attached hydrogen (secondary N) is 1. The van der Waals surface area contributed by atoms with E-state index in [2.05, 4.69) is 29.1 Å². The van der Waals surface area contributed by atoms with E-state index in [0.717, 1.165) is 51.5 Å². The number of guanidine groups is 1. The Kier molecular flexibility index (Phi) is 6.22. The molecule has 0 aromatic carbocycles. The second-order valence-electron chi connectivity index (χ2n) is 9.17. The number of rotatable bonds is 2. The fraction of sp³-hybridized carbons (Fsp3) is 0.895. The topological polar surface area (TPSA) is 57.2 Å². The third-order valence-electron chi connectivity index (χ3n) is 5.00. The molecule has 2 aliphatic heterocycles. The summed E-state index contributed by atoms with van der Waals surface area (Å²) < 4.78 is 5.46. The van der Waals surface area contributed by atoms with Gasteiger partial charge in [0.15, 0.2) is 5.96 Å². The molecular weight excluding hydrogens is 316 g/mol. The number of amides is 1. The second-order valence-corrected chi connectivity index (χ2v) is 9.17. The smallest absolute Gasteiger partial charge is 0.410 e. The number of carbonyl (C=O) groups is 1. The number of hydrogen-bond donors (Lipinski definition) is 1. The van der Waals surface area contributed by atoms with Crippen LogP contribution < -0.4 is 5.32 Å². The predicted octanol–water partition coefficient (Wildman–Crippen LogP) is 2.94. The highest BCUT2D eigenvalue weighted by molar-refractivity contribution is 5.80. The molecule has 0 spiro atoms. The summed E-state index contributed by atoms with van der Waals surface area (Å²) in [6.07, 6.45) is 3.04. The minimum atomic E-state index is -0.425. The predicted molar refractivity (Wildman–Crippen MR) is 102 cm³/mol. The minimum Gasteiger partial charge on any atom is -0.444 e. The number of nitrogens with zero attached hydrogens (tertiary/aromatic N) is 3. The first-order valence-corrected chi connectivity index (χ1v) is 9.53. The molecule has 0 aromatic heterocycles. The Morgan fingerprint density at radius 3 is 2.32 bits per heavy atom. The first kappa shape index (κ1) is 19.9. The van der Waals surface area contributed by atoms with Crippen LogP contribution >= 0.6 is 0 Å². The molecule has 0 unspecified atom stereocenters. The lowest BCUT2D eigenvalue weighted by Gasteiger charge is -2.34. The maximum Gasteiger partial charge on any atom is 0.410 e. The Morgan fingerprint density at radius 1 is 1.20 bits per heavy atom. The summed E-state index contributed by atoms with van der Waals surface area (Å²) in [7, 11) is 1.86. The van der Waals surface area contributed by atoms with Crippen LogP contribution in [0.5, 0.6) is 0 Å². The molecule has 0 radical (unpaired) electrons. The number of aliphatic imine (C=N–C) groups is 1. The summed E-state index contributed by atoms with van der Waals surface area (Å²) in [5, 5.41) is 3.54. The molecule has 0 atom stereocenters. The fourth-order valence-corrected chi connectivity index (χ4v) is 3.51. The molecule has 0 aromatic rings. The molecular formula is C19H36N4O2. The highest BCUT2D eigenvalue weighted by atomic mass is 16.6. The van der Waals surface area contributed by atoms with E-state index in [9.17, 15) is 4.79 Å². The van der Waals surface area contributed by atoms with Crippen LogP contribution in [0.1, 0.15) is 53.9 Å². The Bertz CT molecular complexity index is 488. The van der Waals surface area contributed by atoms with E-state index in [1.54, 1.807) is 0 Å². The number of ether oxygens (including phenoxy) is 1. The molecule has 0 bridgehead atoms. The summed E-state index contributed by atoms with van der Waals surface area (Å²) in [6.45, 7) is 15.0. The van der Waals surface area contributed by atoms with Crippen molar-refractivity contribution in [1.82, 2.24) is 15.1 Å². The average molecular weight is 353 g/mol. The van der Waals surface area contributed by atoms with E-state index in [4.69, 9.17) is 4.74 Å². The largest absolute Gasteiger partial charge is 0.444 e. The molecule has 6 heteroatoms. The quantitative estimate of drug-likeness (QED) is 0.613. The van der Waals surface area contributed by atoms with Crippen LogP contribution in [-0.2, 0) is 4.74 Å². The van der Waals surface area contributed by atoms with Gasteiger partial charge in [-0.3, -0.25) is 4.99 Å². The van der Waals surface area contributed by atoms with Crippen LogP contribution in [0.4, 0.5) is 4.79 Å². The number of piperidine rings is 1. The summed E-state index contributed by atoms with van der Waals surface area (Å²) in [4.78, 5) is 20.8. The highest BCUT2D eigenvalue weighted by Gasteiger charge is 2.31. The molecule has 2 heterocycles. The first-order chi connectivity index (χ1) is 11.6. The van der Waals surface area contributed by atoms with Crippen LogP contribution in [-0.4, -0.2) is 67.2 Å². The standard InChI is InChI=1S/C19H36N4O2/c1-18(2,3)25-17(24)22-10-7-15(8-11-22)13-21-16(20-6)23-12-9-19(4,5)14-23/h15H,7-14H2,1-6H3,(H,20,21). The normalized spacial score (nSPS) is 22.2. The zero-order chi connectivity index (χ0) is 18.7. The Labute approximate surface area is 153 Å². The van der Waals surface area contributed by atoms with Crippen molar-refractivity contribution in [3.05, 3.63) is 0 Å². The van der Waals surface area contributed by atoms with Gasteiger partial charge in [-0.15, -0.1) is 0 Å². The van der Waals surface area contributed by atoms with Crippen molar-refractivity contribution in [3.63, 3.8) is 0 Å². The van der Waals surface area contributed by atoms with E-state index in [1.165, 1.54) is 6.42 Å². The Balaban J connectivity index is 1.74. The van der Waals surface area contributed by atoms with Crippen molar-refractivity contribution >= 4 is 12.1 Å². The summed E-state index contributed by atoms with van der Waals surface area (Å²) >= 11 is 0. The second kappa shape index (κ2) is 7.83. The minimum absolute atomic E-state index is 0.186. The van der Waals surface area contributed by atoms with Crippen LogP contribution in [0.3, 0.4) is 0 Å². The summed E-state index contributed by atoms with van der Waals surface area (Å²) in [5.41, 5.74) is -0.0537. The molecule has 1 N–H and O–H groups in total. The first-order valence-electron chi connectivity index (χ1n) is 9.53. The molecule has 144 valence electrons. The lowest BCUT2D eigenvalue weighted by Crippen LogP contribution is -2.46. The zero-order valence-electron chi connectivity index (χ0n) is 16.9. The molecule has 2 fully saturated rings. The molecule has 2 aliphatic rings. The maximum atomic E-state index is 12.1. The monoisotopic (exact) mass is 352 g/mol. The van der Waals surface area contributed by atoms with Gasteiger partial charge in [0, 0.05) is 39.8 Å². The van der Waals surface area contributed by atoms with Gasteiger partial charge in [-0.2, -0.15) is 0 Å². The van der Waals surface area contributed by atoms with Crippen molar-refractivity contribution < 1.29 is 9.53 Å². The Hall–Kier alpha value is -1.46. The summed E-state index contributed by atoms with van der Waals surface area (Å²) in [6, 6.07) is 0. The van der Waals surface area contributed by atoms with Gasteiger partial charge in [0.2, 0.25) is 0 Å². The fourth-order valence-electron chi connectivity index (χ4n) is 3.51. The van der Waals surface area contributed by atoms with Crippen LogP contribution in [0, 0.1) is 11.3 Å². The van der Waals surface area contributed by atoms with Gasteiger partial charge in [-0.1, -0.05) is 13.8 Å². The molecule has 2 saturated heterocycles. The van der Waals surface area contributed by atoms with Gasteiger partial charge in [0.1, 0.15) is 5.60 Å². The molecule has 6 nitrogen and oxygen atoms in total. The zero-order valence-corrected chi connectivity index (χ0v) is 16.9. The van der Waals surface area contributed by atoms with E-state index in [1.807, 2.05) is 32.7 Å². The van der Waals surface area contributed by atoms with Gasteiger partial charge >= 0.3 is 6.09 Å². The van der Waals surface area contributed by atoms with Gasteiger partial charge in [-0.25, -0.2) is 4.79 Å². The van der Waals surface area contributed by atoms with E-state index in [0.29, 0.717) is 11.3 Å². The van der Waals surface area contributed by atoms with E-state index in [-0.39, 0.29) is 6.09 Å². The molecule has 0 aliphatic carbocycles. The average Bonchev–Trinajstić information content (AvgIpc) is 2.87. The van der Waals surface area contributed by atoms with E-state index < -0.39 is 5.60 Å². The lowest BCUT2D eigenvalue weighted by atomic mass is 9.93. The maximum absolute atomic E-state index is 12.1. The molecule has 1 amide bonds. The van der Waals surface area contributed by atoms with Gasteiger partial charge in [0.25, 0.3) is 0 Å². The van der Waals surface area contributed by atoms with Crippen LogP contribution in [0.2, 0.25) is 0 Å². The SMILES string of the molecule is CN=C(NCC1CCN(C(=O)OC(C)(C)C)CC1)N1CCC(C)(C)C1. The lowest BCUT2D eigenvalue weighted by molar-refractivity contribution is 0.0185. The van der Waals surface area contributed by atoms with E-state index >= 15 is 0 Å². The van der Waals surface area contributed by atoms with Crippen molar-refractivity contribution in [1.29, 1.82) is 0 Å². The van der Waals surface area contributed by atoms with Crippen LogP contribution in [0.25, 0.3) is 0 Å². The highest BCUT2D eigenvalue weighted by Crippen LogP contribution is 2.28. The molecule has 25 heavy (non-hydrogen) atoms. The van der Waals surface area contributed by atoms with Gasteiger partial charge < -0.3 is 19.9 Å². The molecule has 0 saturated carbocycles. The van der Waals surface area contributed by atoms with Crippen molar-refractivity contribution in [2.45, 2.75) is 59.5 Å².